The number of imidazole rings is 1. The summed E-state index contributed by atoms with van der Waals surface area (Å²) in [6, 6.07) is 9.27. The van der Waals surface area contributed by atoms with Crippen molar-refractivity contribution in [1.82, 2.24) is 14.7 Å². The maximum atomic E-state index is 8.85. The Labute approximate surface area is 96.9 Å². The Morgan fingerprint density at radius 2 is 2.24 bits per heavy atom. The lowest BCUT2D eigenvalue weighted by Gasteiger charge is -1.97. The summed E-state index contributed by atoms with van der Waals surface area (Å²) in [6.45, 7) is 0. The number of hydrogen-bond donors (Lipinski definition) is 0. The standard InChI is InChI=1S/C12H8N4O/c1-16-11-3-2-8(7-13)6-10(11)14-12(16)9-4-5-17-15-9/h2-6H,1H3. The van der Waals surface area contributed by atoms with E-state index in [1.165, 1.54) is 6.26 Å². The molecule has 82 valence electrons. The van der Waals surface area contributed by atoms with Crippen molar-refractivity contribution in [1.29, 1.82) is 5.26 Å². The SMILES string of the molecule is Cn1c(-c2ccon2)nc2cc(C#N)ccc21. The Kier molecular flexibility index (Phi) is 1.95. The van der Waals surface area contributed by atoms with Gasteiger partial charge in [0.15, 0.2) is 5.82 Å². The molecule has 0 aliphatic carbocycles. The summed E-state index contributed by atoms with van der Waals surface area (Å²) in [5, 5.41) is 12.7. The summed E-state index contributed by atoms with van der Waals surface area (Å²) in [5.41, 5.74) is 3.02. The molecular formula is C12H8N4O. The van der Waals surface area contributed by atoms with E-state index in [2.05, 4.69) is 16.2 Å². The molecule has 0 radical (unpaired) electrons. The van der Waals surface area contributed by atoms with Gasteiger partial charge in [-0.2, -0.15) is 5.26 Å². The van der Waals surface area contributed by atoms with Crippen LogP contribution in [0.4, 0.5) is 0 Å². The summed E-state index contributed by atoms with van der Waals surface area (Å²) in [5.74, 6) is 0.726. The van der Waals surface area contributed by atoms with Gasteiger partial charge >= 0.3 is 0 Å². The van der Waals surface area contributed by atoms with Crippen molar-refractivity contribution in [2.45, 2.75) is 0 Å². The molecule has 5 heteroatoms. The van der Waals surface area contributed by atoms with Crippen LogP contribution in [0.25, 0.3) is 22.6 Å². The largest absolute Gasteiger partial charge is 0.364 e. The lowest BCUT2D eigenvalue weighted by Crippen LogP contribution is -1.92. The van der Waals surface area contributed by atoms with Crippen LogP contribution < -0.4 is 0 Å². The van der Waals surface area contributed by atoms with Crippen LogP contribution in [0.3, 0.4) is 0 Å². The predicted octanol–water partition coefficient (Wildman–Crippen LogP) is 2.10. The zero-order valence-electron chi connectivity index (χ0n) is 9.08. The van der Waals surface area contributed by atoms with Crippen LogP contribution in [-0.2, 0) is 7.05 Å². The Bertz CT molecular complexity index is 719. The molecule has 0 saturated carbocycles. The van der Waals surface area contributed by atoms with Crippen molar-refractivity contribution in [2.75, 3.05) is 0 Å². The van der Waals surface area contributed by atoms with Gasteiger partial charge < -0.3 is 9.09 Å². The van der Waals surface area contributed by atoms with E-state index in [1.807, 2.05) is 17.7 Å². The molecule has 0 spiro atoms. The molecule has 2 heterocycles. The molecule has 2 aromatic heterocycles. The van der Waals surface area contributed by atoms with Gasteiger partial charge in [-0.3, -0.25) is 0 Å². The number of aromatic nitrogens is 3. The minimum absolute atomic E-state index is 0.599. The Balaban J connectivity index is 2.29. The topological polar surface area (TPSA) is 67.6 Å². The van der Waals surface area contributed by atoms with E-state index in [0.717, 1.165) is 16.9 Å². The number of nitrogens with zero attached hydrogens (tertiary/aromatic N) is 4. The van der Waals surface area contributed by atoms with Crippen molar-refractivity contribution in [3.05, 3.63) is 36.1 Å². The van der Waals surface area contributed by atoms with E-state index in [4.69, 9.17) is 9.78 Å². The van der Waals surface area contributed by atoms with E-state index in [9.17, 15) is 0 Å². The first kappa shape index (κ1) is 9.60. The molecule has 0 N–H and O–H groups in total. The second kappa shape index (κ2) is 3.46. The van der Waals surface area contributed by atoms with Gasteiger partial charge in [0.1, 0.15) is 12.0 Å². The van der Waals surface area contributed by atoms with Crippen LogP contribution in [0.1, 0.15) is 5.56 Å². The smallest absolute Gasteiger partial charge is 0.163 e. The molecule has 17 heavy (non-hydrogen) atoms. The predicted molar refractivity (Wildman–Crippen MR) is 60.9 cm³/mol. The van der Waals surface area contributed by atoms with Gasteiger partial charge in [0.2, 0.25) is 0 Å². The molecule has 0 amide bonds. The lowest BCUT2D eigenvalue weighted by molar-refractivity contribution is 0.421. The fourth-order valence-corrected chi connectivity index (χ4v) is 1.83. The van der Waals surface area contributed by atoms with Gasteiger partial charge in [0.05, 0.1) is 22.7 Å². The minimum atomic E-state index is 0.599. The highest BCUT2D eigenvalue weighted by Gasteiger charge is 2.12. The number of benzene rings is 1. The van der Waals surface area contributed by atoms with Gasteiger partial charge in [-0.05, 0) is 18.2 Å². The number of nitriles is 1. The first-order chi connectivity index (χ1) is 8.29. The number of rotatable bonds is 1. The van der Waals surface area contributed by atoms with E-state index < -0.39 is 0 Å². The van der Waals surface area contributed by atoms with Gasteiger partial charge in [-0.1, -0.05) is 5.16 Å². The molecule has 1 aromatic carbocycles. The van der Waals surface area contributed by atoms with Gasteiger partial charge in [-0.25, -0.2) is 4.98 Å². The minimum Gasteiger partial charge on any atom is -0.364 e. The van der Waals surface area contributed by atoms with Crippen molar-refractivity contribution < 1.29 is 4.52 Å². The molecule has 0 saturated heterocycles. The van der Waals surface area contributed by atoms with Crippen LogP contribution in [0.2, 0.25) is 0 Å². The van der Waals surface area contributed by atoms with Crippen molar-refractivity contribution in [3.8, 4) is 17.6 Å². The van der Waals surface area contributed by atoms with Gasteiger partial charge in [-0.15, -0.1) is 0 Å². The Morgan fingerprint density at radius 3 is 2.94 bits per heavy atom. The highest BCUT2D eigenvalue weighted by Crippen LogP contribution is 2.22. The molecule has 0 fully saturated rings. The fraction of sp³-hybridized carbons (Fsp3) is 0.0833. The van der Waals surface area contributed by atoms with Gasteiger partial charge in [0, 0.05) is 13.1 Å². The summed E-state index contributed by atoms with van der Waals surface area (Å²) in [6.07, 6.45) is 1.51. The Morgan fingerprint density at radius 1 is 1.35 bits per heavy atom. The lowest BCUT2D eigenvalue weighted by atomic mass is 10.2. The molecule has 3 rings (SSSR count). The quantitative estimate of drug-likeness (QED) is 0.634. The monoisotopic (exact) mass is 224 g/mol. The van der Waals surface area contributed by atoms with Crippen LogP contribution in [0.15, 0.2) is 35.1 Å². The summed E-state index contributed by atoms with van der Waals surface area (Å²) >= 11 is 0. The van der Waals surface area contributed by atoms with E-state index in [-0.39, 0.29) is 0 Å². The number of aryl methyl sites for hydroxylation is 1. The summed E-state index contributed by atoms with van der Waals surface area (Å²) in [7, 11) is 1.91. The van der Waals surface area contributed by atoms with Crippen LogP contribution >= 0.6 is 0 Å². The molecule has 0 aliphatic rings. The third kappa shape index (κ3) is 1.39. The molecule has 0 aliphatic heterocycles. The third-order valence-electron chi connectivity index (χ3n) is 2.68. The maximum absolute atomic E-state index is 8.85. The van der Waals surface area contributed by atoms with E-state index in [1.54, 1.807) is 18.2 Å². The highest BCUT2D eigenvalue weighted by molar-refractivity contribution is 5.81. The normalized spacial score (nSPS) is 10.6. The number of fused-ring (bicyclic) bond motifs is 1. The average molecular weight is 224 g/mol. The van der Waals surface area contributed by atoms with Crippen LogP contribution in [0.5, 0.6) is 0 Å². The summed E-state index contributed by atoms with van der Waals surface area (Å²) in [4.78, 5) is 4.45. The zero-order chi connectivity index (χ0) is 11.8. The van der Waals surface area contributed by atoms with Gasteiger partial charge in [0.25, 0.3) is 0 Å². The maximum Gasteiger partial charge on any atom is 0.163 e. The Hall–Kier alpha value is -2.61. The van der Waals surface area contributed by atoms with Crippen molar-refractivity contribution in [3.63, 3.8) is 0 Å². The van der Waals surface area contributed by atoms with Crippen LogP contribution in [0, 0.1) is 11.3 Å². The highest BCUT2D eigenvalue weighted by atomic mass is 16.5. The first-order valence-corrected chi connectivity index (χ1v) is 5.07. The average Bonchev–Trinajstić information content (AvgIpc) is 2.97. The van der Waals surface area contributed by atoms with Crippen molar-refractivity contribution >= 4 is 11.0 Å². The molecule has 5 nitrogen and oxygen atoms in total. The fourth-order valence-electron chi connectivity index (χ4n) is 1.83. The molecule has 0 unspecified atom stereocenters. The first-order valence-electron chi connectivity index (χ1n) is 5.07. The molecule has 0 bridgehead atoms. The zero-order valence-corrected chi connectivity index (χ0v) is 9.08. The third-order valence-corrected chi connectivity index (χ3v) is 2.68. The molecular weight excluding hydrogens is 216 g/mol. The molecule has 0 atom stereocenters. The summed E-state index contributed by atoms with van der Waals surface area (Å²) < 4.78 is 6.73. The second-order valence-corrected chi connectivity index (χ2v) is 3.69. The molecule has 3 aromatic rings. The van der Waals surface area contributed by atoms with Crippen LogP contribution in [-0.4, -0.2) is 14.7 Å². The van der Waals surface area contributed by atoms with Crippen molar-refractivity contribution in [2.24, 2.45) is 7.05 Å². The number of hydrogen-bond acceptors (Lipinski definition) is 4. The second-order valence-electron chi connectivity index (χ2n) is 3.69. The van der Waals surface area contributed by atoms with E-state index >= 15 is 0 Å². The van der Waals surface area contributed by atoms with E-state index in [0.29, 0.717) is 11.3 Å².